The lowest BCUT2D eigenvalue weighted by Crippen LogP contribution is -2.14. The zero-order valence-electron chi connectivity index (χ0n) is 10.8. The van der Waals surface area contributed by atoms with E-state index >= 15 is 0 Å². The van der Waals surface area contributed by atoms with Gasteiger partial charge in [0.15, 0.2) is 5.03 Å². The third kappa shape index (κ3) is 2.98. The molecular weight excluding hydrogens is 330 g/mol. The van der Waals surface area contributed by atoms with Crippen molar-refractivity contribution in [3.63, 3.8) is 0 Å². The number of anilines is 1. The van der Waals surface area contributed by atoms with E-state index in [2.05, 4.69) is 25.6 Å². The Bertz CT molecular complexity index is 699. The molecule has 7 heteroatoms. The first-order valence-corrected chi connectivity index (χ1v) is 7.85. The molecule has 102 valence electrons. The molecule has 1 N–H and O–H groups in total. The van der Waals surface area contributed by atoms with Crippen LogP contribution < -0.4 is 4.72 Å². The van der Waals surface area contributed by atoms with Crippen molar-refractivity contribution in [3.8, 4) is 0 Å². The fourth-order valence-electron chi connectivity index (χ4n) is 1.76. The van der Waals surface area contributed by atoms with E-state index in [1.54, 1.807) is 11.6 Å². The quantitative estimate of drug-likeness (QED) is 0.931. The van der Waals surface area contributed by atoms with Crippen molar-refractivity contribution in [1.29, 1.82) is 0 Å². The van der Waals surface area contributed by atoms with Crippen LogP contribution in [0.15, 0.2) is 34.2 Å². The number of benzene rings is 1. The summed E-state index contributed by atoms with van der Waals surface area (Å²) in [5.41, 5.74) is 2.45. The van der Waals surface area contributed by atoms with Gasteiger partial charge < -0.3 is 4.57 Å². The maximum Gasteiger partial charge on any atom is 0.280 e. The molecule has 19 heavy (non-hydrogen) atoms. The summed E-state index contributed by atoms with van der Waals surface area (Å²) in [6, 6.07) is 3.78. The van der Waals surface area contributed by atoms with Crippen molar-refractivity contribution < 1.29 is 8.42 Å². The highest BCUT2D eigenvalue weighted by Crippen LogP contribution is 2.29. The van der Waals surface area contributed by atoms with E-state index in [1.165, 1.54) is 12.5 Å². The molecule has 0 aliphatic rings. The van der Waals surface area contributed by atoms with Gasteiger partial charge >= 0.3 is 0 Å². The number of aromatic nitrogens is 2. The number of aryl methyl sites for hydroxylation is 3. The van der Waals surface area contributed by atoms with Crippen LogP contribution >= 0.6 is 15.9 Å². The molecule has 0 aliphatic heterocycles. The number of hydrogen-bond donors (Lipinski definition) is 1. The van der Waals surface area contributed by atoms with Crippen LogP contribution in [0.1, 0.15) is 11.1 Å². The number of rotatable bonds is 3. The minimum Gasteiger partial charge on any atom is -0.339 e. The van der Waals surface area contributed by atoms with E-state index in [0.717, 1.165) is 11.1 Å². The summed E-state index contributed by atoms with van der Waals surface area (Å²) in [5, 5.41) is 0.00174. The highest BCUT2D eigenvalue weighted by atomic mass is 79.9. The Hall–Kier alpha value is -1.34. The van der Waals surface area contributed by atoms with E-state index in [-0.39, 0.29) is 5.03 Å². The molecule has 0 spiro atoms. The highest BCUT2D eigenvalue weighted by molar-refractivity contribution is 9.10. The SMILES string of the molecule is Cc1cc(C)c(NS(=O)(=O)c2cn(C)cn2)c(Br)c1. The highest BCUT2D eigenvalue weighted by Gasteiger charge is 2.19. The molecule has 0 amide bonds. The van der Waals surface area contributed by atoms with E-state index < -0.39 is 10.0 Å². The molecule has 0 unspecified atom stereocenters. The van der Waals surface area contributed by atoms with Gasteiger partial charge in [-0.2, -0.15) is 8.42 Å². The van der Waals surface area contributed by atoms with E-state index in [4.69, 9.17) is 0 Å². The Labute approximate surface area is 120 Å². The largest absolute Gasteiger partial charge is 0.339 e. The van der Waals surface area contributed by atoms with Crippen LogP contribution in [-0.4, -0.2) is 18.0 Å². The molecule has 0 bridgehead atoms. The van der Waals surface area contributed by atoms with Gasteiger partial charge in [-0.05, 0) is 47.0 Å². The molecule has 2 rings (SSSR count). The molecule has 1 aromatic heterocycles. The van der Waals surface area contributed by atoms with Gasteiger partial charge in [0.2, 0.25) is 0 Å². The molecule has 0 saturated heterocycles. The fraction of sp³-hybridized carbons (Fsp3) is 0.250. The summed E-state index contributed by atoms with van der Waals surface area (Å²) in [6.45, 7) is 3.81. The maximum atomic E-state index is 12.2. The van der Waals surface area contributed by atoms with Gasteiger partial charge in [-0.1, -0.05) is 6.07 Å². The van der Waals surface area contributed by atoms with Gasteiger partial charge in [0, 0.05) is 17.7 Å². The first kappa shape index (κ1) is 14.1. The molecular formula is C12H14BrN3O2S. The van der Waals surface area contributed by atoms with Gasteiger partial charge in [-0.3, -0.25) is 4.72 Å². The number of nitrogens with one attached hydrogen (secondary N) is 1. The van der Waals surface area contributed by atoms with Crippen LogP contribution in [0.2, 0.25) is 0 Å². The van der Waals surface area contributed by atoms with Crippen LogP contribution in [0.5, 0.6) is 0 Å². The lowest BCUT2D eigenvalue weighted by Gasteiger charge is -2.12. The predicted octanol–water partition coefficient (Wildman–Crippen LogP) is 2.60. The smallest absolute Gasteiger partial charge is 0.280 e. The summed E-state index contributed by atoms with van der Waals surface area (Å²) in [6.07, 6.45) is 2.91. The third-order valence-electron chi connectivity index (χ3n) is 2.62. The van der Waals surface area contributed by atoms with Crippen LogP contribution in [-0.2, 0) is 17.1 Å². The van der Waals surface area contributed by atoms with Crippen molar-refractivity contribution in [3.05, 3.63) is 40.3 Å². The molecule has 0 radical (unpaired) electrons. The fourth-order valence-corrected chi connectivity index (χ4v) is 3.80. The van der Waals surface area contributed by atoms with E-state index in [9.17, 15) is 8.42 Å². The Morgan fingerprint density at radius 3 is 2.53 bits per heavy atom. The molecule has 0 saturated carbocycles. The molecule has 1 aromatic carbocycles. The average molecular weight is 344 g/mol. The van der Waals surface area contributed by atoms with Crippen molar-refractivity contribution >= 4 is 31.6 Å². The summed E-state index contributed by atoms with van der Waals surface area (Å²) in [5.74, 6) is 0. The minimum absolute atomic E-state index is 0.00174. The Morgan fingerprint density at radius 1 is 1.32 bits per heavy atom. The second-order valence-electron chi connectivity index (χ2n) is 4.42. The van der Waals surface area contributed by atoms with E-state index in [1.807, 2.05) is 26.0 Å². The molecule has 0 atom stereocenters. The molecule has 1 heterocycles. The topological polar surface area (TPSA) is 64.0 Å². The van der Waals surface area contributed by atoms with Crippen molar-refractivity contribution in [2.75, 3.05) is 4.72 Å². The maximum absolute atomic E-state index is 12.2. The first-order valence-electron chi connectivity index (χ1n) is 5.57. The molecule has 2 aromatic rings. The van der Waals surface area contributed by atoms with Crippen LogP contribution in [0.25, 0.3) is 0 Å². The Balaban J connectivity index is 2.41. The standard InChI is InChI=1S/C12H14BrN3O2S/c1-8-4-9(2)12(10(13)5-8)15-19(17,18)11-6-16(3)7-14-11/h4-7,15H,1-3H3. The molecule has 0 aliphatic carbocycles. The number of sulfonamides is 1. The summed E-state index contributed by atoms with van der Waals surface area (Å²) < 4.78 is 29.3. The molecule has 0 fully saturated rings. The number of imidazole rings is 1. The predicted molar refractivity (Wildman–Crippen MR) is 77.6 cm³/mol. The second kappa shape index (κ2) is 4.97. The van der Waals surface area contributed by atoms with Gasteiger partial charge in [-0.15, -0.1) is 0 Å². The van der Waals surface area contributed by atoms with Gasteiger partial charge in [0.05, 0.1) is 12.0 Å². The van der Waals surface area contributed by atoms with Crippen molar-refractivity contribution in [2.24, 2.45) is 7.05 Å². The third-order valence-corrected chi connectivity index (χ3v) is 4.48. The van der Waals surface area contributed by atoms with Crippen LogP contribution in [0.3, 0.4) is 0 Å². The Kier molecular flexibility index (Phi) is 3.69. The minimum atomic E-state index is -3.66. The van der Waals surface area contributed by atoms with Gasteiger partial charge in [0.1, 0.15) is 0 Å². The monoisotopic (exact) mass is 343 g/mol. The second-order valence-corrected chi connectivity index (χ2v) is 6.91. The average Bonchev–Trinajstić information content (AvgIpc) is 2.71. The number of halogens is 1. The van der Waals surface area contributed by atoms with E-state index in [0.29, 0.717) is 10.2 Å². The zero-order chi connectivity index (χ0) is 14.2. The summed E-state index contributed by atoms with van der Waals surface area (Å²) in [7, 11) is -1.94. The number of hydrogen-bond acceptors (Lipinski definition) is 3. The van der Waals surface area contributed by atoms with Crippen molar-refractivity contribution in [1.82, 2.24) is 9.55 Å². The zero-order valence-corrected chi connectivity index (χ0v) is 13.2. The van der Waals surface area contributed by atoms with Gasteiger partial charge in [-0.25, -0.2) is 4.98 Å². The lowest BCUT2D eigenvalue weighted by molar-refractivity contribution is 0.598. The molecule has 5 nitrogen and oxygen atoms in total. The lowest BCUT2D eigenvalue weighted by atomic mass is 10.1. The van der Waals surface area contributed by atoms with Crippen LogP contribution in [0, 0.1) is 13.8 Å². The van der Waals surface area contributed by atoms with Crippen molar-refractivity contribution in [2.45, 2.75) is 18.9 Å². The van der Waals surface area contributed by atoms with Gasteiger partial charge in [0.25, 0.3) is 10.0 Å². The number of nitrogens with zero attached hydrogens (tertiary/aromatic N) is 2. The summed E-state index contributed by atoms with van der Waals surface area (Å²) in [4.78, 5) is 3.86. The van der Waals surface area contributed by atoms with Crippen LogP contribution in [0.4, 0.5) is 5.69 Å². The first-order chi connectivity index (χ1) is 8.79. The summed E-state index contributed by atoms with van der Waals surface area (Å²) >= 11 is 3.38. The Morgan fingerprint density at radius 2 is 2.00 bits per heavy atom. The normalized spacial score (nSPS) is 11.6.